The summed E-state index contributed by atoms with van der Waals surface area (Å²) in [5.41, 5.74) is -0.512. The summed E-state index contributed by atoms with van der Waals surface area (Å²) in [5.74, 6) is -0.713. The van der Waals surface area contributed by atoms with Crippen LogP contribution in [0.25, 0.3) is 0 Å². The quantitative estimate of drug-likeness (QED) is 0.289. The number of nitrogens with one attached hydrogen (secondary N) is 2. The number of alkyl halides is 3. The fraction of sp³-hybridized carbons (Fsp3) is 0.333. The number of amides is 3. The van der Waals surface area contributed by atoms with Crippen LogP contribution in [-0.2, 0) is 16.2 Å². The Morgan fingerprint density at radius 1 is 1.09 bits per heavy atom. The van der Waals surface area contributed by atoms with Gasteiger partial charge in [-0.1, -0.05) is 18.5 Å². The van der Waals surface area contributed by atoms with Gasteiger partial charge in [0.1, 0.15) is 11.9 Å². The van der Waals surface area contributed by atoms with E-state index >= 15 is 0 Å². The molecular formula is C30H32ClF3N4O6S. The van der Waals surface area contributed by atoms with E-state index in [1.807, 2.05) is 6.92 Å². The van der Waals surface area contributed by atoms with Gasteiger partial charge in [0.2, 0.25) is 10.0 Å². The number of carbonyl (C=O) groups is 2. The fourth-order valence-corrected chi connectivity index (χ4v) is 6.00. The Labute approximate surface area is 263 Å². The van der Waals surface area contributed by atoms with Gasteiger partial charge in [-0.15, -0.1) is 0 Å². The van der Waals surface area contributed by atoms with Crippen LogP contribution in [-0.4, -0.2) is 73.6 Å². The average molecular weight is 669 g/mol. The van der Waals surface area contributed by atoms with E-state index in [0.29, 0.717) is 5.02 Å². The minimum absolute atomic E-state index is 0.0456. The topological polar surface area (TPSA) is 128 Å². The van der Waals surface area contributed by atoms with Gasteiger partial charge in [0, 0.05) is 35.9 Å². The monoisotopic (exact) mass is 668 g/mol. The van der Waals surface area contributed by atoms with Crippen LogP contribution in [0.1, 0.15) is 29.8 Å². The van der Waals surface area contributed by atoms with E-state index in [0.717, 1.165) is 28.6 Å². The Kier molecular flexibility index (Phi) is 10.3. The number of sulfonamides is 1. The highest BCUT2D eigenvalue weighted by molar-refractivity contribution is 7.89. The molecule has 45 heavy (non-hydrogen) atoms. The van der Waals surface area contributed by atoms with Crippen molar-refractivity contribution in [1.82, 2.24) is 9.21 Å². The summed E-state index contributed by atoms with van der Waals surface area (Å²) in [7, 11) is -2.50. The maximum absolute atomic E-state index is 13.7. The van der Waals surface area contributed by atoms with E-state index in [-0.39, 0.29) is 53.2 Å². The van der Waals surface area contributed by atoms with Crippen LogP contribution in [0.4, 0.5) is 29.3 Å². The Morgan fingerprint density at radius 2 is 1.69 bits per heavy atom. The van der Waals surface area contributed by atoms with Gasteiger partial charge in [0.25, 0.3) is 5.91 Å². The second-order valence-electron chi connectivity index (χ2n) is 10.7. The highest BCUT2D eigenvalue weighted by Gasteiger charge is 2.35. The van der Waals surface area contributed by atoms with E-state index in [2.05, 4.69) is 10.6 Å². The van der Waals surface area contributed by atoms with Gasteiger partial charge in [-0.05, 0) is 73.7 Å². The Bertz CT molecular complexity index is 1640. The van der Waals surface area contributed by atoms with E-state index in [4.69, 9.17) is 16.3 Å². The molecule has 1 heterocycles. The van der Waals surface area contributed by atoms with Crippen molar-refractivity contribution in [2.24, 2.45) is 5.92 Å². The summed E-state index contributed by atoms with van der Waals surface area (Å²) in [5, 5.41) is 15.3. The number of hydrogen-bond acceptors (Lipinski definition) is 6. The molecule has 0 unspecified atom stereocenters. The number of aliphatic hydroxyl groups is 1. The smallest absolute Gasteiger partial charge is 0.416 e. The van der Waals surface area contributed by atoms with Crippen molar-refractivity contribution in [3.05, 3.63) is 82.9 Å². The van der Waals surface area contributed by atoms with Crippen LogP contribution in [0, 0.1) is 5.92 Å². The van der Waals surface area contributed by atoms with Crippen molar-refractivity contribution in [2.75, 3.05) is 37.4 Å². The maximum atomic E-state index is 13.7. The standard InChI is InChI=1S/C30H32ClF3N4O6S/c1-18-15-38(19(2)17-39)28(40)25-14-23(36-29(41)35-22-8-4-20(5-9-22)30(32,33)34)10-13-26(25)44-27(18)16-37(3)45(42,43)24-11-6-21(31)7-12-24/h4-14,18-19,27,39H,15-17H2,1-3H3,(H2,35,36,41)/t18-,19-,27-/m0/s1. The number of fused-ring (bicyclic) bond motifs is 1. The van der Waals surface area contributed by atoms with Crippen molar-refractivity contribution in [3.8, 4) is 5.75 Å². The number of rotatable bonds is 8. The molecule has 3 N–H and O–H groups in total. The van der Waals surface area contributed by atoms with Gasteiger partial charge in [0.05, 0.1) is 35.2 Å². The van der Waals surface area contributed by atoms with Gasteiger partial charge in [-0.3, -0.25) is 4.79 Å². The first-order chi connectivity index (χ1) is 21.1. The first-order valence-corrected chi connectivity index (χ1v) is 15.6. The molecule has 10 nitrogen and oxygen atoms in total. The lowest BCUT2D eigenvalue weighted by Crippen LogP contribution is -2.50. The number of benzene rings is 3. The first-order valence-electron chi connectivity index (χ1n) is 13.8. The predicted octanol–water partition coefficient (Wildman–Crippen LogP) is 5.54. The number of nitrogens with zero attached hydrogens (tertiary/aromatic N) is 2. The molecule has 0 fully saturated rings. The number of aliphatic hydroxyl groups excluding tert-OH is 1. The number of hydrogen-bond donors (Lipinski definition) is 3. The average Bonchev–Trinajstić information content (AvgIpc) is 2.98. The molecule has 0 aliphatic carbocycles. The Balaban J connectivity index is 1.58. The fourth-order valence-electron chi connectivity index (χ4n) is 4.69. The maximum Gasteiger partial charge on any atom is 0.416 e. The second kappa shape index (κ2) is 13.6. The molecule has 3 aromatic rings. The van der Waals surface area contributed by atoms with Crippen LogP contribution < -0.4 is 15.4 Å². The number of anilines is 2. The van der Waals surface area contributed by atoms with Crippen LogP contribution in [0.3, 0.4) is 0 Å². The zero-order valence-corrected chi connectivity index (χ0v) is 26.1. The van der Waals surface area contributed by atoms with Crippen LogP contribution in [0.2, 0.25) is 5.02 Å². The summed E-state index contributed by atoms with van der Waals surface area (Å²) in [6.07, 6.45) is -5.24. The van der Waals surface area contributed by atoms with Gasteiger partial charge >= 0.3 is 12.2 Å². The van der Waals surface area contributed by atoms with Crippen molar-refractivity contribution < 1.29 is 41.0 Å². The molecular weight excluding hydrogens is 637 g/mol. The van der Waals surface area contributed by atoms with Gasteiger partial charge in [-0.2, -0.15) is 17.5 Å². The summed E-state index contributed by atoms with van der Waals surface area (Å²) in [6.45, 7) is 3.20. The molecule has 0 radical (unpaired) electrons. The molecule has 15 heteroatoms. The molecule has 0 saturated heterocycles. The zero-order valence-electron chi connectivity index (χ0n) is 24.5. The van der Waals surface area contributed by atoms with Crippen molar-refractivity contribution in [1.29, 1.82) is 0 Å². The lowest BCUT2D eigenvalue weighted by molar-refractivity contribution is -0.137. The van der Waals surface area contributed by atoms with Gasteiger partial charge in [0.15, 0.2) is 0 Å². The SMILES string of the molecule is C[C@H]1CN([C@@H](C)CO)C(=O)c2cc(NC(=O)Nc3ccc(C(F)(F)F)cc3)ccc2O[C@H]1CN(C)S(=O)(=O)c1ccc(Cl)cc1. The van der Waals surface area contributed by atoms with Gasteiger partial charge in [-0.25, -0.2) is 13.2 Å². The normalized spacial score (nSPS) is 18.0. The molecule has 0 aromatic heterocycles. The predicted molar refractivity (Wildman–Crippen MR) is 163 cm³/mol. The Morgan fingerprint density at radius 3 is 2.29 bits per heavy atom. The Hall–Kier alpha value is -3.85. The minimum atomic E-state index is -4.52. The molecule has 3 amide bonds. The van der Waals surface area contributed by atoms with E-state index in [1.165, 1.54) is 54.4 Å². The molecule has 242 valence electrons. The van der Waals surface area contributed by atoms with Crippen LogP contribution >= 0.6 is 11.6 Å². The number of ether oxygens (including phenoxy) is 1. The molecule has 0 saturated carbocycles. The lowest BCUT2D eigenvalue weighted by Gasteiger charge is -2.38. The van der Waals surface area contributed by atoms with Crippen LogP contribution in [0.15, 0.2) is 71.6 Å². The zero-order chi connectivity index (χ0) is 33.1. The lowest BCUT2D eigenvalue weighted by atomic mass is 9.99. The first kappa shape index (κ1) is 34.0. The molecule has 0 bridgehead atoms. The minimum Gasteiger partial charge on any atom is -0.488 e. The third-order valence-electron chi connectivity index (χ3n) is 7.35. The van der Waals surface area contributed by atoms with E-state index < -0.39 is 45.8 Å². The highest BCUT2D eigenvalue weighted by Crippen LogP contribution is 2.32. The number of likely N-dealkylation sites (N-methyl/N-ethyl adjacent to an activating group) is 1. The molecule has 4 rings (SSSR count). The molecule has 1 aliphatic rings. The summed E-state index contributed by atoms with van der Waals surface area (Å²) < 4.78 is 72.5. The van der Waals surface area contributed by atoms with Crippen LogP contribution in [0.5, 0.6) is 5.75 Å². The second-order valence-corrected chi connectivity index (χ2v) is 13.2. The molecule has 0 spiro atoms. The van der Waals surface area contributed by atoms with E-state index in [9.17, 15) is 36.3 Å². The number of urea groups is 1. The van der Waals surface area contributed by atoms with Crippen molar-refractivity contribution in [2.45, 2.75) is 37.1 Å². The molecule has 1 aliphatic heterocycles. The number of halogens is 4. The van der Waals surface area contributed by atoms with Crippen molar-refractivity contribution >= 4 is 44.9 Å². The summed E-state index contributed by atoms with van der Waals surface area (Å²) >= 11 is 5.92. The largest absolute Gasteiger partial charge is 0.488 e. The van der Waals surface area contributed by atoms with Crippen molar-refractivity contribution in [3.63, 3.8) is 0 Å². The summed E-state index contributed by atoms with van der Waals surface area (Å²) in [6, 6.07) is 12.6. The third-order valence-corrected chi connectivity index (χ3v) is 9.44. The van der Waals surface area contributed by atoms with Gasteiger partial charge < -0.3 is 25.4 Å². The number of carbonyl (C=O) groups excluding carboxylic acids is 2. The molecule has 3 atom stereocenters. The molecule has 3 aromatic carbocycles. The third kappa shape index (κ3) is 8.06. The van der Waals surface area contributed by atoms with E-state index in [1.54, 1.807) is 6.92 Å². The summed E-state index contributed by atoms with van der Waals surface area (Å²) in [4.78, 5) is 27.8. The highest BCUT2D eigenvalue weighted by atomic mass is 35.5.